The van der Waals surface area contributed by atoms with Gasteiger partial charge in [0, 0.05) is 27.2 Å². The van der Waals surface area contributed by atoms with Gasteiger partial charge in [-0.15, -0.1) is 0 Å². The molecule has 2 N–H and O–H groups in total. The summed E-state index contributed by atoms with van der Waals surface area (Å²) >= 11 is 17.9. The van der Waals surface area contributed by atoms with E-state index in [-0.39, 0.29) is 17.1 Å². The van der Waals surface area contributed by atoms with E-state index in [2.05, 4.69) is 10.0 Å². The van der Waals surface area contributed by atoms with Gasteiger partial charge in [-0.25, -0.2) is 13.1 Å². The molecule has 3 rings (SSSR count). The molecule has 3 aromatic rings. The third-order valence-corrected chi connectivity index (χ3v) is 6.50. The summed E-state index contributed by atoms with van der Waals surface area (Å²) in [6.07, 6.45) is 0. The number of methoxy groups -OCH3 is 1. The highest BCUT2D eigenvalue weighted by atomic mass is 35.5. The van der Waals surface area contributed by atoms with Crippen LogP contribution in [0.5, 0.6) is 5.75 Å². The molecule has 0 atom stereocenters. The van der Waals surface area contributed by atoms with E-state index in [1.165, 1.54) is 37.4 Å². The molecule has 0 radical (unpaired) electrons. The van der Waals surface area contributed by atoms with Crippen LogP contribution in [-0.4, -0.2) is 21.4 Å². The number of nitrogens with one attached hydrogen (secondary N) is 2. The average molecular weight is 500 g/mol. The average Bonchev–Trinajstić information content (AvgIpc) is 2.73. The molecular weight excluding hydrogens is 483 g/mol. The maximum atomic E-state index is 12.8. The van der Waals surface area contributed by atoms with Crippen molar-refractivity contribution in [2.45, 2.75) is 11.4 Å². The van der Waals surface area contributed by atoms with Crippen LogP contribution in [0.25, 0.3) is 0 Å². The number of sulfonamides is 1. The van der Waals surface area contributed by atoms with Crippen LogP contribution in [-0.2, 0) is 16.6 Å². The minimum absolute atomic E-state index is 0.0332. The van der Waals surface area contributed by atoms with Gasteiger partial charge >= 0.3 is 0 Å². The highest BCUT2D eigenvalue weighted by molar-refractivity contribution is 7.89. The number of carbonyl (C=O) groups is 1. The molecule has 10 heteroatoms. The first-order chi connectivity index (χ1) is 14.7. The van der Waals surface area contributed by atoms with Gasteiger partial charge in [-0.05, 0) is 54.1 Å². The number of carbonyl (C=O) groups excluding carboxylic acids is 1. The molecule has 0 unspecified atom stereocenters. The van der Waals surface area contributed by atoms with Crippen molar-refractivity contribution in [1.29, 1.82) is 0 Å². The fourth-order valence-corrected chi connectivity index (χ4v) is 4.40. The molecule has 31 heavy (non-hydrogen) atoms. The zero-order valence-electron chi connectivity index (χ0n) is 16.2. The van der Waals surface area contributed by atoms with Crippen LogP contribution in [0.15, 0.2) is 65.6 Å². The third kappa shape index (κ3) is 5.90. The zero-order valence-corrected chi connectivity index (χ0v) is 19.2. The molecule has 0 aliphatic heterocycles. The topological polar surface area (TPSA) is 84.5 Å². The van der Waals surface area contributed by atoms with E-state index in [9.17, 15) is 13.2 Å². The van der Waals surface area contributed by atoms with Crippen molar-refractivity contribution < 1.29 is 17.9 Å². The molecule has 0 aliphatic carbocycles. The Kier molecular flexibility index (Phi) is 7.46. The van der Waals surface area contributed by atoms with Crippen molar-refractivity contribution in [3.63, 3.8) is 0 Å². The predicted octanol–water partition coefficient (Wildman–Crippen LogP) is 5.39. The smallest absolute Gasteiger partial charge is 0.255 e. The Labute approximate surface area is 195 Å². The molecule has 0 saturated heterocycles. The number of ether oxygens (including phenoxy) is 1. The van der Waals surface area contributed by atoms with Crippen molar-refractivity contribution in [2.75, 3.05) is 12.4 Å². The Bertz CT molecular complexity index is 1230. The molecule has 0 fully saturated rings. The standard InChI is InChI=1S/C21H17Cl3N2O4S/c1-30-20-8-7-17(11-19(20)26-21(27)13-3-2-4-15(22)9-13)31(28,29)25-12-14-5-6-16(23)10-18(14)24/h2-11,25H,12H2,1H3,(H,26,27). The summed E-state index contributed by atoms with van der Waals surface area (Å²) in [7, 11) is -2.49. The first-order valence-electron chi connectivity index (χ1n) is 8.88. The summed E-state index contributed by atoms with van der Waals surface area (Å²) in [6, 6.07) is 15.3. The second kappa shape index (κ2) is 9.89. The summed E-state index contributed by atoms with van der Waals surface area (Å²) in [5.41, 5.74) is 1.08. The van der Waals surface area contributed by atoms with Gasteiger partial charge in [-0.2, -0.15) is 0 Å². The molecule has 1 amide bonds. The van der Waals surface area contributed by atoms with Gasteiger partial charge in [0.05, 0.1) is 17.7 Å². The van der Waals surface area contributed by atoms with E-state index < -0.39 is 15.9 Å². The molecule has 0 saturated carbocycles. The molecule has 0 aromatic heterocycles. The molecule has 0 aliphatic rings. The van der Waals surface area contributed by atoms with Crippen molar-refractivity contribution in [3.05, 3.63) is 86.9 Å². The lowest BCUT2D eigenvalue weighted by molar-refractivity contribution is 0.102. The van der Waals surface area contributed by atoms with E-state index in [1.54, 1.807) is 30.3 Å². The van der Waals surface area contributed by atoms with Crippen LogP contribution < -0.4 is 14.8 Å². The van der Waals surface area contributed by atoms with Crippen LogP contribution in [0, 0.1) is 0 Å². The molecule has 0 heterocycles. The molecule has 162 valence electrons. The van der Waals surface area contributed by atoms with Gasteiger partial charge in [-0.1, -0.05) is 46.9 Å². The number of amides is 1. The van der Waals surface area contributed by atoms with Gasteiger partial charge in [0.15, 0.2) is 0 Å². The SMILES string of the molecule is COc1ccc(S(=O)(=O)NCc2ccc(Cl)cc2Cl)cc1NC(=O)c1cccc(Cl)c1. The fourth-order valence-electron chi connectivity index (χ4n) is 2.70. The Morgan fingerprint density at radius 3 is 2.39 bits per heavy atom. The van der Waals surface area contributed by atoms with Crippen LogP contribution >= 0.6 is 34.8 Å². The summed E-state index contributed by atoms with van der Waals surface area (Å²) < 4.78 is 33.3. The minimum Gasteiger partial charge on any atom is -0.495 e. The number of hydrogen-bond donors (Lipinski definition) is 2. The zero-order chi connectivity index (χ0) is 22.6. The molecule has 0 spiro atoms. The van der Waals surface area contributed by atoms with Crippen LogP contribution in [0.1, 0.15) is 15.9 Å². The maximum absolute atomic E-state index is 12.8. The lowest BCUT2D eigenvalue weighted by Gasteiger charge is -2.13. The van der Waals surface area contributed by atoms with Gasteiger partial charge in [0.1, 0.15) is 5.75 Å². The quantitative estimate of drug-likeness (QED) is 0.457. The van der Waals surface area contributed by atoms with Crippen LogP contribution in [0.3, 0.4) is 0 Å². The Morgan fingerprint density at radius 2 is 1.71 bits per heavy atom. The first kappa shape index (κ1) is 23.4. The lowest BCUT2D eigenvalue weighted by atomic mass is 10.2. The minimum atomic E-state index is -3.91. The largest absolute Gasteiger partial charge is 0.495 e. The van der Waals surface area contributed by atoms with Crippen molar-refractivity contribution in [2.24, 2.45) is 0 Å². The highest BCUT2D eigenvalue weighted by Gasteiger charge is 2.18. The van der Waals surface area contributed by atoms with Crippen molar-refractivity contribution in [3.8, 4) is 5.75 Å². The number of benzene rings is 3. The number of hydrogen-bond acceptors (Lipinski definition) is 4. The summed E-state index contributed by atoms with van der Waals surface area (Å²) in [5, 5.41) is 3.86. The summed E-state index contributed by atoms with van der Waals surface area (Å²) in [6.45, 7) is -0.0332. The molecule has 0 bridgehead atoms. The Balaban J connectivity index is 1.83. The Morgan fingerprint density at radius 1 is 0.968 bits per heavy atom. The second-order valence-electron chi connectivity index (χ2n) is 6.39. The normalized spacial score (nSPS) is 11.2. The van der Waals surface area contributed by atoms with E-state index in [4.69, 9.17) is 39.5 Å². The number of halogens is 3. The number of anilines is 1. The van der Waals surface area contributed by atoms with Gasteiger partial charge in [-0.3, -0.25) is 4.79 Å². The van der Waals surface area contributed by atoms with E-state index in [0.29, 0.717) is 31.9 Å². The van der Waals surface area contributed by atoms with E-state index >= 15 is 0 Å². The molecule has 6 nitrogen and oxygen atoms in total. The van der Waals surface area contributed by atoms with Crippen molar-refractivity contribution >= 4 is 56.4 Å². The Hall–Kier alpha value is -2.29. The van der Waals surface area contributed by atoms with Crippen LogP contribution in [0.2, 0.25) is 15.1 Å². The fraction of sp³-hybridized carbons (Fsp3) is 0.0952. The van der Waals surface area contributed by atoms with Gasteiger partial charge < -0.3 is 10.1 Å². The van der Waals surface area contributed by atoms with Gasteiger partial charge in [0.2, 0.25) is 10.0 Å². The third-order valence-electron chi connectivity index (χ3n) is 4.28. The van der Waals surface area contributed by atoms with Gasteiger partial charge in [0.25, 0.3) is 5.91 Å². The predicted molar refractivity (Wildman–Crippen MR) is 123 cm³/mol. The molecule has 3 aromatic carbocycles. The number of rotatable bonds is 7. The maximum Gasteiger partial charge on any atom is 0.255 e. The summed E-state index contributed by atoms with van der Waals surface area (Å²) in [4.78, 5) is 12.5. The second-order valence-corrected chi connectivity index (χ2v) is 9.43. The highest BCUT2D eigenvalue weighted by Crippen LogP contribution is 2.29. The summed E-state index contributed by atoms with van der Waals surface area (Å²) in [5.74, 6) is -0.161. The van der Waals surface area contributed by atoms with Crippen LogP contribution in [0.4, 0.5) is 5.69 Å². The van der Waals surface area contributed by atoms with Crippen molar-refractivity contribution in [1.82, 2.24) is 4.72 Å². The van der Waals surface area contributed by atoms with E-state index in [1.807, 2.05) is 0 Å². The molecular formula is C21H17Cl3N2O4S. The van der Waals surface area contributed by atoms with E-state index in [0.717, 1.165) is 0 Å². The monoisotopic (exact) mass is 498 g/mol. The lowest BCUT2D eigenvalue weighted by Crippen LogP contribution is -2.23. The first-order valence-corrected chi connectivity index (χ1v) is 11.5.